The van der Waals surface area contributed by atoms with Crippen LogP contribution >= 0.6 is 28.1 Å². The average molecular weight is 579 g/mol. The molecule has 2 atom stereocenters. The number of amides is 1. The number of furan rings is 1. The number of anilines is 1. The third-order valence-electron chi connectivity index (χ3n) is 6.19. The van der Waals surface area contributed by atoms with Crippen molar-refractivity contribution in [2.24, 2.45) is 0 Å². The molecule has 2 N–H and O–H groups in total. The van der Waals surface area contributed by atoms with E-state index in [1.165, 1.54) is 12.1 Å². The van der Waals surface area contributed by atoms with Crippen LogP contribution in [0.1, 0.15) is 35.5 Å². The maximum atomic E-state index is 13.6. The van der Waals surface area contributed by atoms with Gasteiger partial charge in [0, 0.05) is 34.9 Å². The molecule has 0 radical (unpaired) electrons. The van der Waals surface area contributed by atoms with Crippen LogP contribution in [0.25, 0.3) is 11.3 Å². The van der Waals surface area contributed by atoms with Crippen LogP contribution in [0.4, 0.5) is 10.1 Å². The summed E-state index contributed by atoms with van der Waals surface area (Å²) in [4.78, 5) is 19.3. The molecule has 2 aromatic carbocycles. The lowest BCUT2D eigenvalue weighted by atomic mass is 10.0. The van der Waals surface area contributed by atoms with Gasteiger partial charge >= 0.3 is 0 Å². The van der Waals surface area contributed by atoms with Gasteiger partial charge in [0.1, 0.15) is 23.4 Å². The van der Waals surface area contributed by atoms with Gasteiger partial charge in [-0.15, -0.1) is 0 Å². The van der Waals surface area contributed by atoms with Gasteiger partial charge in [0.15, 0.2) is 5.11 Å². The first-order valence-electron chi connectivity index (χ1n) is 11.8. The summed E-state index contributed by atoms with van der Waals surface area (Å²) in [6, 6.07) is 21.0. The van der Waals surface area contributed by atoms with Crippen molar-refractivity contribution in [3.63, 3.8) is 0 Å². The highest BCUT2D eigenvalue weighted by Crippen LogP contribution is 2.41. The third-order valence-corrected chi connectivity index (χ3v) is 7.20. The zero-order valence-corrected chi connectivity index (χ0v) is 22.4. The minimum absolute atomic E-state index is 0.108. The second-order valence-electron chi connectivity index (χ2n) is 8.81. The van der Waals surface area contributed by atoms with Crippen LogP contribution in [0.3, 0.4) is 0 Å². The Kier molecular flexibility index (Phi) is 7.34. The van der Waals surface area contributed by atoms with Crippen LogP contribution in [0.5, 0.6) is 0 Å². The quantitative estimate of drug-likeness (QED) is 0.242. The number of rotatable bonds is 7. The molecular weight excluding hydrogens is 555 g/mol. The van der Waals surface area contributed by atoms with E-state index in [-0.39, 0.29) is 30.2 Å². The molecule has 1 aliphatic heterocycles. The molecule has 1 saturated heterocycles. The first-order valence-corrected chi connectivity index (χ1v) is 13.0. The Hall–Kier alpha value is -3.56. The number of halogens is 2. The van der Waals surface area contributed by atoms with Crippen molar-refractivity contribution in [1.82, 2.24) is 15.2 Å². The van der Waals surface area contributed by atoms with E-state index in [2.05, 4.69) is 31.5 Å². The Morgan fingerprint density at radius 2 is 2.03 bits per heavy atom. The summed E-state index contributed by atoms with van der Waals surface area (Å²) in [5.74, 6) is 0.812. The number of aryl methyl sites for hydroxylation is 1. The molecule has 0 aliphatic carbocycles. The molecule has 0 bridgehead atoms. The van der Waals surface area contributed by atoms with Crippen molar-refractivity contribution in [1.29, 1.82) is 0 Å². The smallest absolute Gasteiger partial charge is 0.226 e. The summed E-state index contributed by atoms with van der Waals surface area (Å²) in [5, 5.41) is 6.83. The molecule has 5 rings (SSSR count). The summed E-state index contributed by atoms with van der Waals surface area (Å²) in [6.07, 6.45) is 1.97. The predicted octanol–water partition coefficient (Wildman–Crippen LogP) is 6.55. The number of nitrogens with one attached hydrogen (secondary N) is 2. The topological polar surface area (TPSA) is 70.4 Å². The van der Waals surface area contributed by atoms with Crippen molar-refractivity contribution in [2.45, 2.75) is 25.4 Å². The van der Waals surface area contributed by atoms with Crippen molar-refractivity contribution in [3.05, 3.63) is 106 Å². The lowest BCUT2D eigenvalue weighted by Gasteiger charge is -2.25. The van der Waals surface area contributed by atoms with Crippen LogP contribution in [0, 0.1) is 12.7 Å². The summed E-state index contributed by atoms with van der Waals surface area (Å²) in [7, 11) is 0. The van der Waals surface area contributed by atoms with Crippen molar-refractivity contribution in [2.75, 3.05) is 11.9 Å². The number of carbonyl (C=O) groups excluding carboxylic acids is 1. The fourth-order valence-electron chi connectivity index (χ4n) is 4.47. The van der Waals surface area contributed by atoms with E-state index in [0.29, 0.717) is 27.7 Å². The Bertz CT molecular complexity index is 1450. The van der Waals surface area contributed by atoms with Crippen LogP contribution < -0.4 is 10.6 Å². The molecule has 6 nitrogen and oxygen atoms in total. The van der Waals surface area contributed by atoms with Gasteiger partial charge in [-0.05, 0) is 95.2 Å². The lowest BCUT2D eigenvalue weighted by molar-refractivity contribution is -0.116. The standard InChI is InChI=1S/C28H24BrFN4O2S/c1-17-5-4-6-19(15-17)32-25(35)12-14-34-27(26(33-28(34)37)22-7-2-3-13-31-22)24-11-10-23(36-24)20-9-8-18(30)16-21(20)29/h2-11,13,15-16,26-27H,12,14H2,1H3,(H,32,35)(H,33,37)/t26-,27+/m0/s1. The van der Waals surface area contributed by atoms with Crippen molar-refractivity contribution >= 4 is 44.9 Å². The van der Waals surface area contributed by atoms with E-state index in [1.807, 2.05) is 66.4 Å². The van der Waals surface area contributed by atoms with E-state index in [1.54, 1.807) is 12.3 Å². The highest BCUT2D eigenvalue weighted by atomic mass is 79.9. The minimum atomic E-state index is -0.335. The molecule has 1 amide bonds. The normalized spacial score (nSPS) is 17.1. The fourth-order valence-corrected chi connectivity index (χ4v) is 5.35. The predicted molar refractivity (Wildman–Crippen MR) is 148 cm³/mol. The molecule has 1 aliphatic rings. The van der Waals surface area contributed by atoms with Gasteiger partial charge in [-0.3, -0.25) is 9.78 Å². The summed E-state index contributed by atoms with van der Waals surface area (Å²) in [5.41, 5.74) is 3.38. The number of hydrogen-bond acceptors (Lipinski definition) is 4. The van der Waals surface area contributed by atoms with Gasteiger partial charge in [0.2, 0.25) is 5.91 Å². The zero-order chi connectivity index (χ0) is 25.9. The van der Waals surface area contributed by atoms with Gasteiger partial charge < -0.3 is 20.0 Å². The zero-order valence-electron chi connectivity index (χ0n) is 19.9. The molecule has 9 heteroatoms. The van der Waals surface area contributed by atoms with Crippen LogP contribution in [0.2, 0.25) is 0 Å². The lowest BCUT2D eigenvalue weighted by Crippen LogP contribution is -2.32. The molecule has 0 unspecified atom stereocenters. The average Bonchev–Trinajstić information content (AvgIpc) is 3.47. The Morgan fingerprint density at radius 1 is 1.16 bits per heavy atom. The van der Waals surface area contributed by atoms with Crippen molar-refractivity contribution in [3.8, 4) is 11.3 Å². The molecule has 4 aromatic rings. The number of carbonyl (C=O) groups is 1. The molecule has 2 aromatic heterocycles. The molecule has 188 valence electrons. The first kappa shape index (κ1) is 25.1. The fraction of sp³-hybridized carbons (Fsp3) is 0.179. The number of pyridine rings is 1. The van der Waals surface area contributed by atoms with Gasteiger partial charge in [0.25, 0.3) is 0 Å². The van der Waals surface area contributed by atoms with Crippen LogP contribution in [-0.2, 0) is 4.79 Å². The number of hydrogen-bond donors (Lipinski definition) is 2. The first-order chi connectivity index (χ1) is 17.9. The van der Waals surface area contributed by atoms with E-state index < -0.39 is 0 Å². The van der Waals surface area contributed by atoms with E-state index in [0.717, 1.165) is 22.5 Å². The maximum Gasteiger partial charge on any atom is 0.226 e. The summed E-state index contributed by atoms with van der Waals surface area (Å²) >= 11 is 9.11. The summed E-state index contributed by atoms with van der Waals surface area (Å²) < 4.78 is 20.5. The van der Waals surface area contributed by atoms with E-state index >= 15 is 0 Å². The van der Waals surface area contributed by atoms with E-state index in [9.17, 15) is 9.18 Å². The third kappa shape index (κ3) is 5.57. The maximum absolute atomic E-state index is 13.6. The van der Waals surface area contributed by atoms with Gasteiger partial charge in [-0.2, -0.15) is 0 Å². The SMILES string of the molecule is Cc1cccc(NC(=O)CCN2C(=S)N[C@@H](c3ccccn3)[C@H]2c2ccc(-c3ccc(F)cc3Br)o2)c1. The Labute approximate surface area is 228 Å². The van der Waals surface area contributed by atoms with Crippen LogP contribution in [-0.4, -0.2) is 27.4 Å². The largest absolute Gasteiger partial charge is 0.459 e. The molecular formula is C28H24BrFN4O2S. The molecule has 0 saturated carbocycles. The van der Waals surface area contributed by atoms with Crippen molar-refractivity contribution < 1.29 is 13.6 Å². The molecule has 3 heterocycles. The second-order valence-corrected chi connectivity index (χ2v) is 10.1. The molecule has 1 fully saturated rings. The highest BCUT2D eigenvalue weighted by Gasteiger charge is 2.41. The van der Waals surface area contributed by atoms with Gasteiger partial charge in [-0.1, -0.05) is 18.2 Å². The number of benzene rings is 2. The summed E-state index contributed by atoms with van der Waals surface area (Å²) in [6.45, 7) is 2.36. The monoisotopic (exact) mass is 578 g/mol. The number of aromatic nitrogens is 1. The van der Waals surface area contributed by atoms with E-state index in [4.69, 9.17) is 16.6 Å². The second kappa shape index (κ2) is 10.8. The van der Waals surface area contributed by atoms with Gasteiger partial charge in [0.05, 0.1) is 11.7 Å². The molecule has 37 heavy (non-hydrogen) atoms. The minimum Gasteiger partial charge on any atom is -0.459 e. The van der Waals surface area contributed by atoms with Crippen LogP contribution in [0.15, 0.2) is 87.9 Å². The Morgan fingerprint density at radius 3 is 2.78 bits per heavy atom. The van der Waals surface area contributed by atoms with Gasteiger partial charge in [-0.25, -0.2) is 4.39 Å². The molecule has 0 spiro atoms. The highest BCUT2D eigenvalue weighted by molar-refractivity contribution is 9.10. The number of nitrogens with zero attached hydrogens (tertiary/aromatic N) is 2. The number of thiocarbonyl (C=S) groups is 1. The Balaban J connectivity index is 1.41.